The Bertz CT molecular complexity index is 572. The summed E-state index contributed by atoms with van der Waals surface area (Å²) in [5.74, 6) is -0.204. The summed E-state index contributed by atoms with van der Waals surface area (Å²) in [6.07, 6.45) is 1.58. The minimum Gasteiger partial charge on any atom is -0.346 e. The predicted molar refractivity (Wildman–Crippen MR) is 64.4 cm³/mol. The summed E-state index contributed by atoms with van der Waals surface area (Å²) in [7, 11) is 0. The number of amides is 1. The van der Waals surface area contributed by atoms with Crippen molar-refractivity contribution in [3.63, 3.8) is 0 Å². The van der Waals surface area contributed by atoms with E-state index in [9.17, 15) is 4.79 Å². The number of carbonyl (C=O) groups excluding carboxylic acids is 1. The van der Waals surface area contributed by atoms with Gasteiger partial charge in [0.05, 0.1) is 23.9 Å². The predicted octanol–water partition coefficient (Wildman–Crippen LogP) is 1.28. The lowest BCUT2D eigenvalue weighted by molar-refractivity contribution is 0.0950. The first kappa shape index (κ1) is 11.7. The smallest absolute Gasteiger partial charge is 0.251 e. The zero-order valence-electron chi connectivity index (χ0n) is 9.50. The maximum atomic E-state index is 11.8. The van der Waals surface area contributed by atoms with Crippen LogP contribution in [-0.4, -0.2) is 16.1 Å². The summed E-state index contributed by atoms with van der Waals surface area (Å²) in [6, 6.07) is 12.0. The van der Waals surface area contributed by atoms with E-state index in [1.54, 1.807) is 42.6 Å². The van der Waals surface area contributed by atoms with Crippen LogP contribution in [0.5, 0.6) is 0 Å². The first-order chi connectivity index (χ1) is 8.79. The van der Waals surface area contributed by atoms with E-state index in [1.807, 2.05) is 6.07 Å². The van der Waals surface area contributed by atoms with Crippen LogP contribution in [0.4, 0.5) is 0 Å². The Hall–Kier alpha value is -2.74. The highest BCUT2D eigenvalue weighted by Gasteiger charge is 2.05. The van der Waals surface area contributed by atoms with Gasteiger partial charge in [0.15, 0.2) is 0 Å². The molecular formula is C13H10N4O. The largest absolute Gasteiger partial charge is 0.346 e. The first-order valence-electron chi connectivity index (χ1n) is 5.34. The van der Waals surface area contributed by atoms with E-state index in [4.69, 9.17) is 5.26 Å². The lowest BCUT2D eigenvalue weighted by Crippen LogP contribution is -2.23. The minimum atomic E-state index is -0.204. The molecule has 0 radical (unpaired) electrons. The van der Waals surface area contributed by atoms with Crippen molar-refractivity contribution in [2.45, 2.75) is 6.54 Å². The summed E-state index contributed by atoms with van der Waals surface area (Å²) in [5.41, 5.74) is 1.73. The topological polar surface area (TPSA) is 78.7 Å². The summed E-state index contributed by atoms with van der Waals surface area (Å²) in [6.45, 7) is 0.326. The molecule has 1 heterocycles. The lowest BCUT2D eigenvalue weighted by Gasteiger charge is -2.04. The molecule has 5 heteroatoms. The number of nitrogens with one attached hydrogen (secondary N) is 1. The van der Waals surface area contributed by atoms with E-state index < -0.39 is 0 Å². The van der Waals surface area contributed by atoms with Crippen LogP contribution in [0.1, 0.15) is 21.6 Å². The molecule has 0 aliphatic heterocycles. The Kier molecular flexibility index (Phi) is 3.62. The van der Waals surface area contributed by atoms with Gasteiger partial charge in [0.25, 0.3) is 5.91 Å². The Morgan fingerprint density at radius 2 is 2.06 bits per heavy atom. The summed E-state index contributed by atoms with van der Waals surface area (Å²) in [5, 5.41) is 19.0. The van der Waals surface area contributed by atoms with Crippen molar-refractivity contribution in [1.29, 1.82) is 5.26 Å². The second-order valence-corrected chi connectivity index (χ2v) is 3.59. The van der Waals surface area contributed by atoms with Gasteiger partial charge < -0.3 is 5.32 Å². The standard InChI is InChI=1S/C13H10N4O/c14-8-10-3-5-11(6-4-10)13(18)15-9-12-2-1-7-16-17-12/h1-7H,9H2,(H,15,18). The van der Waals surface area contributed by atoms with Gasteiger partial charge in [-0.2, -0.15) is 15.5 Å². The number of hydrogen-bond acceptors (Lipinski definition) is 4. The van der Waals surface area contributed by atoms with E-state index in [2.05, 4.69) is 15.5 Å². The van der Waals surface area contributed by atoms with Gasteiger partial charge >= 0.3 is 0 Å². The van der Waals surface area contributed by atoms with Crippen molar-refractivity contribution in [3.05, 3.63) is 59.4 Å². The Morgan fingerprint density at radius 1 is 1.28 bits per heavy atom. The molecular weight excluding hydrogens is 228 g/mol. The van der Waals surface area contributed by atoms with Gasteiger partial charge in [-0.05, 0) is 36.4 Å². The second-order valence-electron chi connectivity index (χ2n) is 3.59. The zero-order valence-corrected chi connectivity index (χ0v) is 9.50. The van der Waals surface area contributed by atoms with Crippen molar-refractivity contribution in [2.24, 2.45) is 0 Å². The van der Waals surface area contributed by atoms with Crippen LogP contribution in [0.2, 0.25) is 0 Å². The molecule has 1 aromatic carbocycles. The molecule has 88 valence electrons. The van der Waals surface area contributed by atoms with E-state index in [1.165, 1.54) is 0 Å². The van der Waals surface area contributed by atoms with Crippen LogP contribution in [0.15, 0.2) is 42.6 Å². The molecule has 0 atom stereocenters. The van der Waals surface area contributed by atoms with Gasteiger partial charge in [0.2, 0.25) is 0 Å². The van der Waals surface area contributed by atoms with Gasteiger partial charge in [-0.15, -0.1) is 0 Å². The number of hydrogen-bond donors (Lipinski definition) is 1. The van der Waals surface area contributed by atoms with Gasteiger partial charge in [-0.1, -0.05) is 0 Å². The Balaban J connectivity index is 1.98. The van der Waals surface area contributed by atoms with Crippen LogP contribution in [0, 0.1) is 11.3 Å². The number of rotatable bonds is 3. The van der Waals surface area contributed by atoms with E-state index in [-0.39, 0.29) is 5.91 Å². The summed E-state index contributed by atoms with van der Waals surface area (Å²) >= 11 is 0. The quantitative estimate of drug-likeness (QED) is 0.873. The molecule has 0 aliphatic carbocycles. The molecule has 0 unspecified atom stereocenters. The van der Waals surface area contributed by atoms with Gasteiger partial charge in [-0.3, -0.25) is 4.79 Å². The Morgan fingerprint density at radius 3 is 2.67 bits per heavy atom. The average molecular weight is 238 g/mol. The molecule has 2 rings (SSSR count). The molecule has 0 spiro atoms. The molecule has 5 nitrogen and oxygen atoms in total. The number of nitriles is 1. The third-order valence-electron chi connectivity index (χ3n) is 2.33. The van der Waals surface area contributed by atoms with Gasteiger partial charge in [0, 0.05) is 11.8 Å². The highest BCUT2D eigenvalue weighted by atomic mass is 16.1. The number of aromatic nitrogens is 2. The molecule has 1 aromatic heterocycles. The van der Waals surface area contributed by atoms with E-state index in [0.717, 1.165) is 0 Å². The van der Waals surface area contributed by atoms with Crippen molar-refractivity contribution < 1.29 is 4.79 Å². The highest BCUT2D eigenvalue weighted by molar-refractivity contribution is 5.94. The van der Waals surface area contributed by atoms with Gasteiger partial charge in [-0.25, -0.2) is 0 Å². The first-order valence-corrected chi connectivity index (χ1v) is 5.34. The second kappa shape index (κ2) is 5.55. The van der Waals surface area contributed by atoms with Crippen LogP contribution in [-0.2, 0) is 6.54 Å². The zero-order chi connectivity index (χ0) is 12.8. The minimum absolute atomic E-state index is 0.204. The van der Waals surface area contributed by atoms with Crippen LogP contribution in [0.3, 0.4) is 0 Å². The van der Waals surface area contributed by atoms with Crippen LogP contribution < -0.4 is 5.32 Å². The molecule has 1 N–H and O–H groups in total. The molecule has 0 saturated heterocycles. The number of benzene rings is 1. The maximum Gasteiger partial charge on any atom is 0.251 e. The summed E-state index contributed by atoms with van der Waals surface area (Å²) < 4.78 is 0. The molecule has 0 bridgehead atoms. The Labute approximate surface area is 104 Å². The molecule has 2 aromatic rings. The molecule has 0 saturated carbocycles. The van der Waals surface area contributed by atoms with Crippen LogP contribution in [0.25, 0.3) is 0 Å². The summed E-state index contributed by atoms with van der Waals surface area (Å²) in [4.78, 5) is 11.8. The van der Waals surface area contributed by atoms with Gasteiger partial charge in [0.1, 0.15) is 0 Å². The fourth-order valence-corrected chi connectivity index (χ4v) is 1.40. The monoisotopic (exact) mass is 238 g/mol. The SMILES string of the molecule is N#Cc1ccc(C(=O)NCc2cccnn2)cc1. The van der Waals surface area contributed by atoms with Crippen molar-refractivity contribution in [2.75, 3.05) is 0 Å². The third kappa shape index (κ3) is 2.89. The highest BCUT2D eigenvalue weighted by Crippen LogP contribution is 2.03. The molecule has 1 amide bonds. The average Bonchev–Trinajstić information content (AvgIpc) is 2.46. The fraction of sp³-hybridized carbons (Fsp3) is 0.0769. The lowest BCUT2D eigenvalue weighted by atomic mass is 10.1. The van der Waals surface area contributed by atoms with Crippen molar-refractivity contribution in [3.8, 4) is 6.07 Å². The maximum absolute atomic E-state index is 11.8. The van der Waals surface area contributed by atoms with E-state index in [0.29, 0.717) is 23.4 Å². The molecule has 18 heavy (non-hydrogen) atoms. The van der Waals surface area contributed by atoms with Crippen molar-refractivity contribution in [1.82, 2.24) is 15.5 Å². The van der Waals surface area contributed by atoms with E-state index >= 15 is 0 Å². The molecule has 0 fully saturated rings. The normalized spacial score (nSPS) is 9.50. The third-order valence-corrected chi connectivity index (χ3v) is 2.33. The fourth-order valence-electron chi connectivity index (χ4n) is 1.40. The molecule has 0 aliphatic rings. The van der Waals surface area contributed by atoms with Crippen molar-refractivity contribution >= 4 is 5.91 Å². The number of carbonyl (C=O) groups is 1. The number of nitrogens with zero attached hydrogens (tertiary/aromatic N) is 3. The van der Waals surface area contributed by atoms with Crippen LogP contribution >= 0.6 is 0 Å².